The number of aryl methyl sites for hydroxylation is 1. The summed E-state index contributed by atoms with van der Waals surface area (Å²) in [5, 5.41) is 9.77. The summed E-state index contributed by atoms with van der Waals surface area (Å²) >= 11 is 1.58. The van der Waals surface area contributed by atoms with Crippen molar-refractivity contribution in [1.29, 1.82) is 0 Å². The van der Waals surface area contributed by atoms with Crippen LogP contribution in [0.5, 0.6) is 0 Å². The third-order valence-electron chi connectivity index (χ3n) is 7.51. The van der Waals surface area contributed by atoms with Crippen molar-refractivity contribution in [3.8, 4) is 0 Å². The van der Waals surface area contributed by atoms with Crippen molar-refractivity contribution in [2.75, 3.05) is 24.6 Å². The third kappa shape index (κ3) is 8.93. The van der Waals surface area contributed by atoms with E-state index in [9.17, 15) is 9.59 Å². The molecule has 3 aromatic carbocycles. The fourth-order valence-corrected chi connectivity index (χ4v) is 5.88. The van der Waals surface area contributed by atoms with E-state index in [1.807, 2.05) is 54.6 Å². The number of nitrogens with zero attached hydrogens (tertiary/aromatic N) is 6. The Morgan fingerprint density at radius 1 is 1.00 bits per heavy atom. The minimum absolute atomic E-state index is 0.152. The van der Waals surface area contributed by atoms with Crippen LogP contribution in [-0.4, -0.2) is 45.4 Å². The summed E-state index contributed by atoms with van der Waals surface area (Å²) in [4.78, 5) is 36.9. The molecule has 0 saturated carbocycles. The zero-order valence-electron chi connectivity index (χ0n) is 26.2. The number of hydrogen-bond donors (Lipinski definition) is 3. The molecule has 0 aliphatic carbocycles. The van der Waals surface area contributed by atoms with Crippen molar-refractivity contribution in [2.24, 2.45) is 5.11 Å². The monoisotopic (exact) mass is 651 g/mol. The third-order valence-corrected chi connectivity index (χ3v) is 8.52. The van der Waals surface area contributed by atoms with Gasteiger partial charge in [-0.25, -0.2) is 14.8 Å². The second kappa shape index (κ2) is 16.3. The first-order chi connectivity index (χ1) is 22.9. The van der Waals surface area contributed by atoms with E-state index in [-0.39, 0.29) is 19.1 Å². The van der Waals surface area contributed by atoms with Gasteiger partial charge in [-0.05, 0) is 46.8 Å². The molecule has 0 aliphatic heterocycles. The molecule has 2 aromatic heterocycles. The number of alkyl carbamates (subject to hydrolysis) is 1. The molecule has 242 valence electrons. The van der Waals surface area contributed by atoms with E-state index in [4.69, 9.17) is 21.0 Å². The number of anilines is 1. The summed E-state index contributed by atoms with van der Waals surface area (Å²) in [5.41, 5.74) is 20.1. The summed E-state index contributed by atoms with van der Waals surface area (Å²) in [6.07, 6.45) is 2.47. The van der Waals surface area contributed by atoms with E-state index in [1.165, 1.54) is 0 Å². The first-order valence-electron chi connectivity index (χ1n) is 15.5. The van der Waals surface area contributed by atoms with Crippen LogP contribution in [0, 0.1) is 0 Å². The van der Waals surface area contributed by atoms with Crippen LogP contribution in [0.3, 0.4) is 0 Å². The number of thioether (sulfide) groups is 1. The van der Waals surface area contributed by atoms with E-state index in [1.54, 1.807) is 11.8 Å². The number of carbonyl (C=O) groups excluding carboxylic acids is 2. The molecule has 5 rings (SSSR count). The molecular weight excluding hydrogens is 615 g/mol. The second-order valence-corrected chi connectivity index (χ2v) is 12.1. The van der Waals surface area contributed by atoms with Crippen LogP contribution in [0.4, 0.5) is 10.6 Å². The highest BCUT2D eigenvalue weighted by Gasteiger charge is 2.17. The average Bonchev–Trinajstić information content (AvgIpc) is 3.46. The molecule has 47 heavy (non-hydrogen) atoms. The number of aromatic nitrogens is 3. The summed E-state index contributed by atoms with van der Waals surface area (Å²) < 4.78 is 7.67. The Morgan fingerprint density at radius 3 is 2.51 bits per heavy atom. The Bertz CT molecular complexity index is 1890. The van der Waals surface area contributed by atoms with Crippen molar-refractivity contribution in [1.82, 2.24) is 25.2 Å². The van der Waals surface area contributed by atoms with Crippen LogP contribution in [0.2, 0.25) is 0 Å². The smallest absolute Gasteiger partial charge is 0.407 e. The molecule has 0 fully saturated rings. The van der Waals surface area contributed by atoms with Crippen molar-refractivity contribution in [3.05, 3.63) is 106 Å². The Kier molecular flexibility index (Phi) is 11.5. The maximum absolute atomic E-state index is 12.4. The zero-order valence-corrected chi connectivity index (χ0v) is 27.0. The lowest BCUT2D eigenvalue weighted by atomic mass is 10.1. The van der Waals surface area contributed by atoms with Crippen LogP contribution in [-0.2, 0) is 35.6 Å². The van der Waals surface area contributed by atoms with Gasteiger partial charge in [-0.1, -0.05) is 73.1 Å². The van der Waals surface area contributed by atoms with Crippen LogP contribution < -0.4 is 16.4 Å². The molecule has 13 heteroatoms. The normalized spacial score (nSPS) is 10.9. The number of pyridine rings is 1. The van der Waals surface area contributed by atoms with Crippen molar-refractivity contribution in [3.63, 3.8) is 0 Å². The standard InChI is InChI=1S/C34H37N9O3S/c1-2-3-8-29-41-31-32(27-6-4-5-7-28(27)40-33(31)35)43(29)21-24-11-9-23(10-12-24)19-38-34(45)46-22-25-13-15-26(16-14-25)47-18-17-37-30(44)20-39-42-36/h4-7,9-16H,2-3,8,17-22H2,1H3,(H2,35,40)(H,37,44)(H,38,45). The highest BCUT2D eigenvalue weighted by molar-refractivity contribution is 7.99. The molecule has 0 unspecified atom stereocenters. The van der Waals surface area contributed by atoms with E-state index in [0.717, 1.165) is 68.6 Å². The molecular formula is C34H37N9O3S. The maximum Gasteiger partial charge on any atom is 0.407 e. The lowest BCUT2D eigenvalue weighted by Crippen LogP contribution is -2.27. The van der Waals surface area contributed by atoms with Gasteiger partial charge in [0, 0.05) is 47.0 Å². The number of carbonyl (C=O) groups is 2. The average molecular weight is 652 g/mol. The number of ether oxygens (including phenoxy) is 1. The van der Waals surface area contributed by atoms with Crippen molar-refractivity contribution in [2.45, 2.75) is 50.8 Å². The predicted molar refractivity (Wildman–Crippen MR) is 185 cm³/mol. The highest BCUT2D eigenvalue weighted by atomic mass is 32.2. The molecule has 2 amide bonds. The molecule has 0 aliphatic rings. The van der Waals surface area contributed by atoms with Gasteiger partial charge in [0.15, 0.2) is 5.82 Å². The summed E-state index contributed by atoms with van der Waals surface area (Å²) in [6.45, 7) is 3.57. The van der Waals surface area contributed by atoms with Gasteiger partial charge in [-0.15, -0.1) is 11.8 Å². The number of nitrogens with two attached hydrogens (primary N) is 1. The molecule has 0 spiro atoms. The number of hydrogen-bond acceptors (Lipinski definition) is 8. The second-order valence-electron chi connectivity index (χ2n) is 10.9. The number of benzene rings is 3. The molecule has 4 N–H and O–H groups in total. The van der Waals surface area contributed by atoms with Gasteiger partial charge >= 0.3 is 6.09 Å². The largest absolute Gasteiger partial charge is 0.445 e. The number of fused-ring (bicyclic) bond motifs is 3. The number of unbranched alkanes of at least 4 members (excludes halogenated alkanes) is 1. The Hall–Kier alpha value is -5.26. The highest BCUT2D eigenvalue weighted by Crippen LogP contribution is 2.30. The van der Waals surface area contributed by atoms with Crippen LogP contribution >= 0.6 is 11.8 Å². The number of para-hydroxylation sites is 1. The molecule has 2 heterocycles. The van der Waals surface area contributed by atoms with Gasteiger partial charge < -0.3 is 25.7 Å². The number of azide groups is 1. The fourth-order valence-electron chi connectivity index (χ4n) is 5.11. The van der Waals surface area contributed by atoms with Gasteiger partial charge in [-0.2, -0.15) is 0 Å². The number of rotatable bonds is 15. The van der Waals surface area contributed by atoms with Crippen LogP contribution in [0.15, 0.2) is 82.8 Å². The van der Waals surface area contributed by atoms with E-state index < -0.39 is 6.09 Å². The Morgan fingerprint density at radius 2 is 1.74 bits per heavy atom. The number of nitrogens with one attached hydrogen (secondary N) is 2. The van der Waals surface area contributed by atoms with Gasteiger partial charge in [-0.3, -0.25) is 4.79 Å². The molecule has 0 atom stereocenters. The first-order valence-corrected chi connectivity index (χ1v) is 16.4. The van der Waals surface area contributed by atoms with Crippen LogP contribution in [0.1, 0.15) is 42.3 Å². The van der Waals surface area contributed by atoms with E-state index in [2.05, 4.69) is 55.3 Å². The van der Waals surface area contributed by atoms with Crippen LogP contribution in [0.25, 0.3) is 32.4 Å². The predicted octanol–water partition coefficient (Wildman–Crippen LogP) is 6.50. The SMILES string of the molecule is CCCCc1nc2c(N)nc3ccccc3c2n1Cc1ccc(CNC(=O)OCc2ccc(SCCNC(=O)CN=[N+]=[N-])cc2)cc1. The lowest BCUT2D eigenvalue weighted by Gasteiger charge is -2.12. The number of imidazole rings is 1. The number of amides is 2. The summed E-state index contributed by atoms with van der Waals surface area (Å²) in [6, 6.07) is 23.9. The molecule has 0 saturated heterocycles. The summed E-state index contributed by atoms with van der Waals surface area (Å²) in [7, 11) is 0. The molecule has 12 nitrogen and oxygen atoms in total. The first kappa shape index (κ1) is 33.1. The van der Waals surface area contributed by atoms with E-state index in [0.29, 0.717) is 31.2 Å². The Labute approximate surface area is 276 Å². The molecule has 0 radical (unpaired) electrons. The van der Waals surface area contributed by atoms with Gasteiger partial charge in [0.25, 0.3) is 0 Å². The van der Waals surface area contributed by atoms with E-state index >= 15 is 0 Å². The number of nitrogen functional groups attached to an aromatic ring is 1. The molecule has 0 bridgehead atoms. The van der Waals surface area contributed by atoms with Gasteiger partial charge in [0.05, 0.1) is 11.0 Å². The van der Waals surface area contributed by atoms with Crippen molar-refractivity contribution < 1.29 is 14.3 Å². The topological polar surface area (TPSA) is 173 Å². The minimum Gasteiger partial charge on any atom is -0.445 e. The summed E-state index contributed by atoms with van der Waals surface area (Å²) in [5.74, 6) is 1.81. The zero-order chi connectivity index (χ0) is 33.0. The lowest BCUT2D eigenvalue weighted by molar-refractivity contribution is -0.119. The van der Waals surface area contributed by atoms with Gasteiger partial charge in [0.2, 0.25) is 5.91 Å². The minimum atomic E-state index is -0.493. The fraction of sp³-hybridized carbons (Fsp3) is 0.294. The van der Waals surface area contributed by atoms with Crippen molar-refractivity contribution >= 4 is 51.5 Å². The quantitative estimate of drug-likeness (QED) is 0.0381. The molecule has 5 aromatic rings. The van der Waals surface area contributed by atoms with Gasteiger partial charge in [0.1, 0.15) is 24.5 Å². The Balaban J connectivity index is 1.12. The maximum atomic E-state index is 12.4.